The van der Waals surface area contributed by atoms with Crippen LogP contribution in [0, 0.1) is 5.92 Å². The van der Waals surface area contributed by atoms with Gasteiger partial charge in [-0.15, -0.1) is 0 Å². The zero-order valence-corrected chi connectivity index (χ0v) is 15.5. The van der Waals surface area contributed by atoms with Crippen LogP contribution in [0.3, 0.4) is 0 Å². The number of aromatic nitrogens is 1. The summed E-state index contributed by atoms with van der Waals surface area (Å²) in [7, 11) is 0. The topological polar surface area (TPSA) is 62.4 Å². The Bertz CT molecular complexity index is 1030. The summed E-state index contributed by atoms with van der Waals surface area (Å²) < 4.78 is 5.71. The van der Waals surface area contributed by atoms with Gasteiger partial charge in [0.1, 0.15) is 6.10 Å². The maximum absolute atomic E-state index is 13.2. The molecule has 2 aliphatic rings. The van der Waals surface area contributed by atoms with Gasteiger partial charge in [-0.3, -0.25) is 9.59 Å². The molecule has 5 nitrogen and oxygen atoms in total. The number of benzene rings is 2. The summed E-state index contributed by atoms with van der Waals surface area (Å²) in [5.74, 6) is 0.0577. The van der Waals surface area contributed by atoms with Crippen LogP contribution in [0.4, 0.5) is 0 Å². The number of nitrogens with one attached hydrogen (secondary N) is 1. The molecule has 0 spiro atoms. The molecule has 1 N–H and O–H groups in total. The van der Waals surface area contributed by atoms with Crippen molar-refractivity contribution in [2.24, 2.45) is 5.92 Å². The van der Waals surface area contributed by atoms with Crippen molar-refractivity contribution in [1.29, 1.82) is 0 Å². The third-order valence-electron chi connectivity index (χ3n) is 6.07. The Morgan fingerprint density at radius 1 is 1.11 bits per heavy atom. The first-order valence-corrected chi connectivity index (χ1v) is 9.81. The standard InChI is InChI=1S/C23H22N2O3/c26-21-13-16-10-11-25(23(27)15-6-2-1-3-7-15)20(22(16)28-21)12-17-14-24-19-9-5-4-8-18(17)19/h1-9,14,16,20,22,24H,10-13H2/t16-,20-,22-/m0/s1. The number of amides is 1. The van der Waals surface area contributed by atoms with E-state index in [0.717, 1.165) is 22.9 Å². The molecule has 0 unspecified atom stereocenters. The second-order valence-corrected chi connectivity index (χ2v) is 7.70. The average Bonchev–Trinajstić information content (AvgIpc) is 3.31. The van der Waals surface area contributed by atoms with Crippen LogP contribution in [0.15, 0.2) is 60.8 Å². The number of ether oxygens (including phenoxy) is 1. The van der Waals surface area contributed by atoms with Crippen molar-refractivity contribution in [1.82, 2.24) is 9.88 Å². The maximum atomic E-state index is 13.2. The Morgan fingerprint density at radius 2 is 1.89 bits per heavy atom. The van der Waals surface area contributed by atoms with Gasteiger partial charge in [0.2, 0.25) is 0 Å². The van der Waals surface area contributed by atoms with Gasteiger partial charge in [0.05, 0.1) is 12.5 Å². The van der Waals surface area contributed by atoms with Crippen LogP contribution >= 0.6 is 0 Å². The zero-order valence-electron chi connectivity index (χ0n) is 15.5. The molecule has 0 aliphatic carbocycles. The van der Waals surface area contributed by atoms with Crippen LogP contribution < -0.4 is 0 Å². The minimum Gasteiger partial charge on any atom is -0.460 e. The van der Waals surface area contributed by atoms with Crippen LogP contribution in [-0.2, 0) is 16.0 Å². The van der Waals surface area contributed by atoms with Gasteiger partial charge in [-0.25, -0.2) is 0 Å². The first-order chi connectivity index (χ1) is 13.7. The smallest absolute Gasteiger partial charge is 0.306 e. The number of esters is 1. The number of H-pyrrole nitrogens is 1. The molecule has 0 saturated carbocycles. The van der Waals surface area contributed by atoms with Crippen LogP contribution in [0.25, 0.3) is 10.9 Å². The summed E-state index contributed by atoms with van der Waals surface area (Å²) in [5.41, 5.74) is 2.90. The normalized spacial score (nSPS) is 24.2. The minimum absolute atomic E-state index is 0.00633. The molecule has 5 heteroatoms. The highest BCUT2D eigenvalue weighted by Crippen LogP contribution is 2.37. The second-order valence-electron chi connectivity index (χ2n) is 7.70. The van der Waals surface area contributed by atoms with Crippen molar-refractivity contribution in [3.05, 3.63) is 71.9 Å². The predicted octanol–water partition coefficient (Wildman–Crippen LogP) is 3.56. The fourth-order valence-electron chi connectivity index (χ4n) is 4.68. The number of hydrogen-bond donors (Lipinski definition) is 1. The molecular weight excluding hydrogens is 352 g/mol. The Morgan fingerprint density at radius 3 is 2.75 bits per heavy atom. The van der Waals surface area contributed by atoms with E-state index < -0.39 is 0 Å². The van der Waals surface area contributed by atoms with Crippen LogP contribution in [-0.4, -0.2) is 40.5 Å². The first kappa shape index (κ1) is 17.0. The SMILES string of the molecule is O=C1C[C@@H]2CCN(C(=O)c3ccccc3)[C@@H](Cc3c[nH]c4ccccc34)[C@H]2O1. The van der Waals surface area contributed by atoms with Gasteiger partial charge < -0.3 is 14.6 Å². The van der Waals surface area contributed by atoms with Crippen molar-refractivity contribution in [2.45, 2.75) is 31.4 Å². The van der Waals surface area contributed by atoms with E-state index in [9.17, 15) is 9.59 Å². The summed E-state index contributed by atoms with van der Waals surface area (Å²) in [6.07, 6.45) is 3.71. The Balaban J connectivity index is 1.51. The highest BCUT2D eigenvalue weighted by atomic mass is 16.6. The first-order valence-electron chi connectivity index (χ1n) is 9.81. The molecule has 2 aliphatic heterocycles. The van der Waals surface area contributed by atoms with Gasteiger partial charge in [-0.2, -0.15) is 0 Å². The van der Waals surface area contributed by atoms with Crippen LogP contribution in [0.2, 0.25) is 0 Å². The third-order valence-corrected chi connectivity index (χ3v) is 6.07. The molecule has 0 radical (unpaired) electrons. The van der Waals surface area contributed by atoms with Crippen molar-refractivity contribution in [3.63, 3.8) is 0 Å². The number of aromatic amines is 1. The van der Waals surface area contributed by atoms with Crippen molar-refractivity contribution in [3.8, 4) is 0 Å². The van der Waals surface area contributed by atoms with Gasteiger partial charge in [-0.1, -0.05) is 36.4 Å². The number of hydrogen-bond acceptors (Lipinski definition) is 3. The van der Waals surface area contributed by atoms with Crippen molar-refractivity contribution in [2.75, 3.05) is 6.54 Å². The molecule has 2 saturated heterocycles. The predicted molar refractivity (Wildman–Crippen MR) is 106 cm³/mol. The molecule has 3 atom stereocenters. The number of nitrogens with zero attached hydrogens (tertiary/aromatic N) is 1. The highest BCUT2D eigenvalue weighted by molar-refractivity contribution is 5.94. The summed E-state index contributed by atoms with van der Waals surface area (Å²) in [6.45, 7) is 0.651. The number of likely N-dealkylation sites (tertiary alicyclic amines) is 1. The summed E-state index contributed by atoms with van der Waals surface area (Å²) in [6, 6.07) is 17.4. The number of carbonyl (C=O) groups excluding carboxylic acids is 2. The fraction of sp³-hybridized carbons (Fsp3) is 0.304. The molecule has 5 rings (SSSR count). The summed E-state index contributed by atoms with van der Waals surface area (Å²) >= 11 is 0. The molecule has 28 heavy (non-hydrogen) atoms. The quantitative estimate of drug-likeness (QED) is 0.713. The molecule has 1 aromatic heterocycles. The van der Waals surface area contributed by atoms with Gasteiger partial charge in [-0.05, 0) is 36.6 Å². The molecule has 2 aromatic carbocycles. The van der Waals surface area contributed by atoms with E-state index in [1.165, 1.54) is 0 Å². The average molecular weight is 374 g/mol. The number of piperidine rings is 1. The van der Waals surface area contributed by atoms with Gasteiger partial charge in [0.25, 0.3) is 5.91 Å². The van der Waals surface area contributed by atoms with E-state index >= 15 is 0 Å². The van der Waals surface area contributed by atoms with Gasteiger partial charge in [0, 0.05) is 35.1 Å². The molecule has 142 valence electrons. The van der Waals surface area contributed by atoms with Crippen molar-refractivity contribution < 1.29 is 14.3 Å². The number of para-hydroxylation sites is 1. The van der Waals surface area contributed by atoms with E-state index in [1.54, 1.807) is 0 Å². The van der Waals surface area contributed by atoms with E-state index in [2.05, 4.69) is 11.1 Å². The van der Waals surface area contributed by atoms with Crippen LogP contribution in [0.1, 0.15) is 28.8 Å². The maximum Gasteiger partial charge on any atom is 0.306 e. The molecule has 0 bridgehead atoms. The summed E-state index contributed by atoms with van der Waals surface area (Å²) in [4.78, 5) is 30.5. The minimum atomic E-state index is -0.234. The second kappa shape index (κ2) is 6.82. The largest absolute Gasteiger partial charge is 0.460 e. The van der Waals surface area contributed by atoms with E-state index in [1.807, 2.05) is 59.6 Å². The Labute approximate surface area is 163 Å². The fourth-order valence-corrected chi connectivity index (χ4v) is 4.68. The lowest BCUT2D eigenvalue weighted by Gasteiger charge is -2.41. The lowest BCUT2D eigenvalue weighted by Crippen LogP contribution is -2.54. The van der Waals surface area contributed by atoms with Crippen molar-refractivity contribution >= 4 is 22.8 Å². The lowest BCUT2D eigenvalue weighted by atomic mass is 9.84. The molecule has 3 heterocycles. The van der Waals surface area contributed by atoms with Gasteiger partial charge >= 0.3 is 5.97 Å². The molecule has 1 amide bonds. The van der Waals surface area contributed by atoms with E-state index in [4.69, 9.17) is 4.74 Å². The van der Waals surface area contributed by atoms with Crippen LogP contribution in [0.5, 0.6) is 0 Å². The van der Waals surface area contributed by atoms with Gasteiger partial charge in [0.15, 0.2) is 0 Å². The number of rotatable bonds is 3. The zero-order chi connectivity index (χ0) is 19.1. The van der Waals surface area contributed by atoms with E-state index in [0.29, 0.717) is 24.9 Å². The number of carbonyl (C=O) groups is 2. The monoisotopic (exact) mass is 374 g/mol. The molecule has 2 fully saturated rings. The lowest BCUT2D eigenvalue weighted by molar-refractivity contribution is -0.144. The molecule has 3 aromatic rings. The van der Waals surface area contributed by atoms with E-state index in [-0.39, 0.29) is 29.9 Å². The molecular formula is C23H22N2O3. The Hall–Kier alpha value is -3.08. The Kier molecular flexibility index (Phi) is 4.15. The number of fused-ring (bicyclic) bond motifs is 2. The third kappa shape index (κ3) is 2.87. The summed E-state index contributed by atoms with van der Waals surface area (Å²) in [5, 5.41) is 1.15. The highest BCUT2D eigenvalue weighted by Gasteiger charge is 2.47.